The van der Waals surface area contributed by atoms with Gasteiger partial charge in [0.25, 0.3) is 0 Å². The summed E-state index contributed by atoms with van der Waals surface area (Å²) in [6.45, 7) is 9.54. The smallest absolute Gasteiger partial charge is 0.130 e. The Kier molecular flexibility index (Phi) is 4.96. The van der Waals surface area contributed by atoms with Gasteiger partial charge in [-0.05, 0) is 26.8 Å². The maximum Gasteiger partial charge on any atom is 0.130 e. The van der Waals surface area contributed by atoms with Gasteiger partial charge in [-0.25, -0.2) is 4.98 Å². The van der Waals surface area contributed by atoms with Gasteiger partial charge in [-0.3, -0.25) is 4.90 Å². The van der Waals surface area contributed by atoms with Crippen LogP contribution >= 0.6 is 0 Å². The highest BCUT2D eigenvalue weighted by molar-refractivity contribution is 5.43. The number of anilines is 1. The summed E-state index contributed by atoms with van der Waals surface area (Å²) in [7, 11) is 0. The molecule has 0 radical (unpaired) electrons. The van der Waals surface area contributed by atoms with Gasteiger partial charge in [0, 0.05) is 37.9 Å². The summed E-state index contributed by atoms with van der Waals surface area (Å²) in [6.07, 6.45) is 1.69. The van der Waals surface area contributed by atoms with Crippen LogP contribution in [0.2, 0.25) is 0 Å². The first kappa shape index (κ1) is 15.2. The lowest BCUT2D eigenvalue weighted by atomic mass is 10.0. The number of nitrogens with one attached hydrogen (secondary N) is 1. The Balaban J connectivity index is 2.09. The van der Waals surface area contributed by atoms with Crippen molar-refractivity contribution >= 4 is 5.82 Å². The van der Waals surface area contributed by atoms with Crippen molar-refractivity contribution in [1.82, 2.24) is 9.88 Å². The van der Waals surface area contributed by atoms with Gasteiger partial charge in [-0.2, -0.15) is 0 Å². The molecule has 1 aliphatic heterocycles. The number of hydrogen-bond acceptors (Lipinski definition) is 5. The topological polar surface area (TPSA) is 57.6 Å². The van der Waals surface area contributed by atoms with E-state index in [1.807, 2.05) is 6.07 Å². The Morgan fingerprint density at radius 1 is 1.55 bits per heavy atom. The summed E-state index contributed by atoms with van der Waals surface area (Å²) in [5, 5.41) is 12.7. The summed E-state index contributed by atoms with van der Waals surface area (Å²) in [6, 6.07) is 4.06. The van der Waals surface area contributed by atoms with Gasteiger partial charge in [0.2, 0.25) is 0 Å². The van der Waals surface area contributed by atoms with E-state index >= 15 is 0 Å². The molecule has 0 aromatic carbocycles. The Labute approximate surface area is 121 Å². The minimum absolute atomic E-state index is 0.0625. The highest BCUT2D eigenvalue weighted by Crippen LogP contribution is 2.23. The molecule has 1 fully saturated rings. The van der Waals surface area contributed by atoms with Crippen LogP contribution in [0, 0.1) is 0 Å². The number of aliphatic hydroxyl groups excluding tert-OH is 1. The van der Waals surface area contributed by atoms with Crippen molar-refractivity contribution in [3.8, 4) is 0 Å². The molecule has 0 amide bonds. The van der Waals surface area contributed by atoms with E-state index in [1.54, 1.807) is 6.20 Å². The van der Waals surface area contributed by atoms with Crippen molar-refractivity contribution in [2.24, 2.45) is 0 Å². The van der Waals surface area contributed by atoms with Crippen LogP contribution < -0.4 is 5.32 Å². The van der Waals surface area contributed by atoms with Gasteiger partial charge in [0.15, 0.2) is 0 Å². The SMILES string of the molecule is CCNc1ncccc1CN1CC(CO)OC(C)(C)C1. The van der Waals surface area contributed by atoms with E-state index < -0.39 is 0 Å². The molecule has 2 N–H and O–H groups in total. The third kappa shape index (κ3) is 3.91. The van der Waals surface area contributed by atoms with E-state index in [9.17, 15) is 5.11 Å². The Morgan fingerprint density at radius 2 is 2.35 bits per heavy atom. The summed E-state index contributed by atoms with van der Waals surface area (Å²) in [4.78, 5) is 6.71. The molecule has 5 nitrogen and oxygen atoms in total. The van der Waals surface area contributed by atoms with Crippen molar-refractivity contribution in [1.29, 1.82) is 0 Å². The van der Waals surface area contributed by atoms with Gasteiger partial charge < -0.3 is 15.2 Å². The molecule has 0 bridgehead atoms. The molecule has 1 atom stereocenters. The molecule has 1 unspecified atom stereocenters. The van der Waals surface area contributed by atoms with Crippen molar-refractivity contribution < 1.29 is 9.84 Å². The average Bonchev–Trinajstić information content (AvgIpc) is 2.39. The van der Waals surface area contributed by atoms with Crippen LogP contribution in [0.5, 0.6) is 0 Å². The standard InChI is InChI=1S/C15H25N3O2/c1-4-16-14-12(6-5-7-17-14)8-18-9-13(10-19)20-15(2,3)11-18/h5-7,13,19H,4,8-11H2,1-3H3,(H,16,17). The molecule has 2 rings (SSSR count). The fourth-order valence-electron chi connectivity index (χ4n) is 2.77. The van der Waals surface area contributed by atoms with Crippen molar-refractivity contribution in [3.05, 3.63) is 23.9 Å². The quantitative estimate of drug-likeness (QED) is 0.855. The number of morpholine rings is 1. The number of nitrogens with zero attached hydrogens (tertiary/aromatic N) is 2. The van der Waals surface area contributed by atoms with Crippen LogP contribution in [0.25, 0.3) is 0 Å². The number of aliphatic hydroxyl groups is 1. The first-order chi connectivity index (χ1) is 9.54. The average molecular weight is 279 g/mol. The van der Waals surface area contributed by atoms with Gasteiger partial charge in [-0.15, -0.1) is 0 Å². The van der Waals surface area contributed by atoms with E-state index in [1.165, 1.54) is 5.56 Å². The van der Waals surface area contributed by atoms with E-state index in [4.69, 9.17) is 4.74 Å². The maximum atomic E-state index is 9.37. The second-order valence-electron chi connectivity index (χ2n) is 5.89. The van der Waals surface area contributed by atoms with Crippen molar-refractivity contribution in [2.75, 3.05) is 31.6 Å². The number of aromatic nitrogens is 1. The Hall–Kier alpha value is -1.17. The van der Waals surface area contributed by atoms with Crippen LogP contribution in [0.4, 0.5) is 5.82 Å². The molecule has 1 aliphatic rings. The molecule has 1 saturated heterocycles. The van der Waals surface area contributed by atoms with Gasteiger partial charge in [0.1, 0.15) is 5.82 Å². The minimum Gasteiger partial charge on any atom is -0.394 e. The molecule has 1 aromatic rings. The summed E-state index contributed by atoms with van der Waals surface area (Å²) < 4.78 is 5.85. The first-order valence-corrected chi connectivity index (χ1v) is 7.23. The predicted octanol–water partition coefficient (Wildman–Crippen LogP) is 1.49. The van der Waals surface area contributed by atoms with E-state index in [0.29, 0.717) is 0 Å². The minimum atomic E-state index is -0.230. The number of rotatable bonds is 5. The zero-order valence-corrected chi connectivity index (χ0v) is 12.6. The molecular formula is C15H25N3O2. The molecule has 20 heavy (non-hydrogen) atoms. The molecule has 1 aromatic heterocycles. The van der Waals surface area contributed by atoms with Crippen LogP contribution in [0.1, 0.15) is 26.3 Å². The highest BCUT2D eigenvalue weighted by atomic mass is 16.5. The Morgan fingerprint density at radius 3 is 3.05 bits per heavy atom. The molecule has 0 aliphatic carbocycles. The molecule has 5 heteroatoms. The lowest BCUT2D eigenvalue weighted by Gasteiger charge is -2.42. The zero-order chi connectivity index (χ0) is 14.6. The maximum absolute atomic E-state index is 9.37. The molecule has 112 valence electrons. The van der Waals surface area contributed by atoms with Crippen LogP contribution in [0.15, 0.2) is 18.3 Å². The second kappa shape index (κ2) is 6.52. The number of hydrogen-bond donors (Lipinski definition) is 2. The van der Waals surface area contributed by atoms with Gasteiger partial charge in [0.05, 0.1) is 18.3 Å². The number of ether oxygens (including phenoxy) is 1. The normalized spacial score (nSPS) is 22.7. The van der Waals surface area contributed by atoms with Crippen molar-refractivity contribution in [3.63, 3.8) is 0 Å². The monoisotopic (exact) mass is 279 g/mol. The highest BCUT2D eigenvalue weighted by Gasteiger charge is 2.33. The zero-order valence-electron chi connectivity index (χ0n) is 12.6. The lowest BCUT2D eigenvalue weighted by Crippen LogP contribution is -2.53. The second-order valence-corrected chi connectivity index (χ2v) is 5.89. The summed E-state index contributed by atoms with van der Waals surface area (Å²) in [5.41, 5.74) is 0.954. The molecular weight excluding hydrogens is 254 g/mol. The van der Waals surface area contributed by atoms with Gasteiger partial charge in [-0.1, -0.05) is 6.07 Å². The van der Waals surface area contributed by atoms with Gasteiger partial charge >= 0.3 is 0 Å². The largest absolute Gasteiger partial charge is 0.394 e. The van der Waals surface area contributed by atoms with E-state index in [0.717, 1.165) is 32.0 Å². The van der Waals surface area contributed by atoms with E-state index in [2.05, 4.69) is 42.0 Å². The van der Waals surface area contributed by atoms with Crippen LogP contribution in [-0.2, 0) is 11.3 Å². The third-order valence-electron chi connectivity index (χ3n) is 3.39. The summed E-state index contributed by atoms with van der Waals surface area (Å²) >= 11 is 0. The first-order valence-electron chi connectivity index (χ1n) is 7.23. The van der Waals surface area contributed by atoms with Crippen molar-refractivity contribution in [2.45, 2.75) is 39.0 Å². The van der Waals surface area contributed by atoms with Crippen LogP contribution in [-0.4, -0.2) is 52.9 Å². The third-order valence-corrected chi connectivity index (χ3v) is 3.39. The predicted molar refractivity (Wildman–Crippen MR) is 79.7 cm³/mol. The number of pyridine rings is 1. The fourth-order valence-corrected chi connectivity index (χ4v) is 2.77. The lowest BCUT2D eigenvalue weighted by molar-refractivity contribution is -0.150. The molecule has 0 spiro atoms. The molecule has 2 heterocycles. The van der Waals surface area contributed by atoms with Crippen LogP contribution in [0.3, 0.4) is 0 Å². The Bertz CT molecular complexity index is 437. The summed E-state index contributed by atoms with van der Waals surface area (Å²) in [5.74, 6) is 0.944. The van der Waals surface area contributed by atoms with E-state index in [-0.39, 0.29) is 18.3 Å². The fraction of sp³-hybridized carbons (Fsp3) is 0.667. The molecule has 0 saturated carbocycles.